The third-order valence-electron chi connectivity index (χ3n) is 8.71. The van der Waals surface area contributed by atoms with Crippen molar-refractivity contribution in [2.45, 2.75) is 39.1 Å². The smallest absolute Gasteiger partial charge is 0.422 e. The molecule has 0 saturated carbocycles. The Morgan fingerprint density at radius 1 is 0.736 bits per heavy atom. The van der Waals surface area contributed by atoms with Crippen LogP contribution < -0.4 is 4.72 Å². The van der Waals surface area contributed by atoms with Crippen LogP contribution in [0, 0.1) is 5.92 Å². The van der Waals surface area contributed by atoms with E-state index in [2.05, 4.69) is 0 Å². The van der Waals surface area contributed by atoms with Crippen LogP contribution in [-0.2, 0) is 49.0 Å². The summed E-state index contributed by atoms with van der Waals surface area (Å²) >= 11 is 0. The summed E-state index contributed by atoms with van der Waals surface area (Å²) in [5.41, 5.74) is 2.90. The normalized spacial score (nSPS) is 14.0. The molecular formula is C39H42N4O9S. The van der Waals surface area contributed by atoms with Crippen LogP contribution in [0.15, 0.2) is 109 Å². The Kier molecular flexibility index (Phi) is 13.1. The molecule has 0 bridgehead atoms. The van der Waals surface area contributed by atoms with E-state index in [0.29, 0.717) is 52.0 Å². The first kappa shape index (κ1) is 38.3. The number of nitrogens with one attached hydrogen (secondary N) is 1. The maximum absolute atomic E-state index is 13.6. The Hall–Kier alpha value is -5.89. The maximum atomic E-state index is 13.6. The van der Waals surface area contributed by atoms with Gasteiger partial charge in [-0.25, -0.2) is 23.1 Å². The van der Waals surface area contributed by atoms with E-state index in [9.17, 15) is 27.6 Å². The second-order valence-corrected chi connectivity index (χ2v) is 14.1. The fourth-order valence-electron chi connectivity index (χ4n) is 5.72. The number of nitrogens with zero attached hydrogens (tertiary/aromatic N) is 3. The van der Waals surface area contributed by atoms with Crippen molar-refractivity contribution in [3.05, 3.63) is 137 Å². The topological polar surface area (TPSA) is 154 Å². The lowest BCUT2D eigenvalue weighted by Gasteiger charge is -2.28. The van der Waals surface area contributed by atoms with E-state index in [1.165, 1.54) is 17.2 Å². The zero-order valence-corrected chi connectivity index (χ0v) is 30.4. The number of ether oxygens (including phenoxy) is 3. The number of esters is 1. The van der Waals surface area contributed by atoms with Crippen molar-refractivity contribution < 1.29 is 41.8 Å². The first-order valence-electron chi connectivity index (χ1n) is 17.0. The summed E-state index contributed by atoms with van der Waals surface area (Å²) in [5.74, 6) is -1.38. The third-order valence-corrected chi connectivity index (χ3v) is 9.96. The van der Waals surface area contributed by atoms with Crippen molar-refractivity contribution in [1.29, 1.82) is 0 Å². The molecule has 278 valence electrons. The molecular weight excluding hydrogens is 701 g/mol. The highest BCUT2D eigenvalue weighted by molar-refractivity contribution is 7.88. The number of hydrogen-bond donors (Lipinski definition) is 1. The van der Waals surface area contributed by atoms with Gasteiger partial charge in [-0.2, -0.15) is 8.42 Å². The molecule has 1 N–H and O–H groups in total. The van der Waals surface area contributed by atoms with Crippen LogP contribution in [0.3, 0.4) is 0 Å². The Balaban J connectivity index is 1.24. The highest BCUT2D eigenvalue weighted by Crippen LogP contribution is 2.34. The average Bonchev–Trinajstić information content (AvgIpc) is 3.65. The summed E-state index contributed by atoms with van der Waals surface area (Å²) in [7, 11) is -1.36. The SMILES string of the molecule is CN(CCN(C)C(=O)C1CC=C(c2ccn(S(=O)(=O)NC(=O)OCc3ccccc3)c2C(=O)OCc2ccccc2)CC1)C(=O)OCc1ccccc1. The number of hydrogen-bond acceptors (Lipinski definition) is 9. The van der Waals surface area contributed by atoms with Gasteiger partial charge < -0.3 is 24.0 Å². The number of benzene rings is 3. The Bertz CT molecular complexity index is 2020. The van der Waals surface area contributed by atoms with Crippen LogP contribution in [0.5, 0.6) is 0 Å². The summed E-state index contributed by atoms with van der Waals surface area (Å²) in [6.45, 7) is 0.439. The predicted molar refractivity (Wildman–Crippen MR) is 196 cm³/mol. The van der Waals surface area contributed by atoms with E-state index in [1.54, 1.807) is 73.6 Å². The van der Waals surface area contributed by atoms with Crippen molar-refractivity contribution in [3.8, 4) is 0 Å². The Morgan fingerprint density at radius 3 is 1.81 bits per heavy atom. The van der Waals surface area contributed by atoms with Gasteiger partial charge in [-0.05, 0) is 47.6 Å². The second-order valence-electron chi connectivity index (χ2n) is 12.5. The van der Waals surface area contributed by atoms with Crippen molar-refractivity contribution >= 4 is 39.8 Å². The quantitative estimate of drug-likeness (QED) is 0.125. The largest absolute Gasteiger partial charge is 0.456 e. The summed E-state index contributed by atoms with van der Waals surface area (Å²) in [6, 6.07) is 28.5. The molecule has 0 aliphatic heterocycles. The van der Waals surface area contributed by atoms with Crippen LogP contribution in [0.4, 0.5) is 9.59 Å². The number of rotatable bonds is 14. The van der Waals surface area contributed by atoms with E-state index in [-0.39, 0.29) is 43.9 Å². The second kappa shape index (κ2) is 18.0. The van der Waals surface area contributed by atoms with Gasteiger partial charge in [0.1, 0.15) is 19.8 Å². The predicted octanol–water partition coefficient (Wildman–Crippen LogP) is 5.77. The van der Waals surface area contributed by atoms with E-state index in [4.69, 9.17) is 14.2 Å². The van der Waals surface area contributed by atoms with Crippen molar-refractivity contribution in [3.63, 3.8) is 0 Å². The van der Waals surface area contributed by atoms with Gasteiger partial charge in [0.25, 0.3) is 0 Å². The minimum Gasteiger partial charge on any atom is -0.456 e. The molecule has 0 fully saturated rings. The van der Waals surface area contributed by atoms with Crippen LogP contribution in [0.2, 0.25) is 0 Å². The summed E-state index contributed by atoms with van der Waals surface area (Å²) in [4.78, 5) is 54.9. The number of likely N-dealkylation sites (N-methyl/N-ethyl adjacent to an activating group) is 2. The lowest BCUT2D eigenvalue weighted by atomic mass is 9.86. The highest BCUT2D eigenvalue weighted by atomic mass is 32.2. The molecule has 1 heterocycles. The molecule has 1 atom stereocenters. The Labute approximate surface area is 308 Å². The number of allylic oxidation sites excluding steroid dienone is 2. The maximum Gasteiger partial charge on any atom is 0.422 e. The van der Waals surface area contributed by atoms with E-state index in [0.717, 1.165) is 5.56 Å². The van der Waals surface area contributed by atoms with Crippen molar-refractivity contribution in [2.24, 2.45) is 5.92 Å². The lowest BCUT2D eigenvalue weighted by molar-refractivity contribution is -0.134. The molecule has 13 nitrogen and oxygen atoms in total. The Morgan fingerprint density at radius 2 is 1.26 bits per heavy atom. The molecule has 5 rings (SSSR count). The third kappa shape index (κ3) is 10.6. The standard InChI is InChI=1S/C39H42N4O9S/c1-41(24-25-42(2)39(47)52-28-31-16-10-5-11-17-31)36(44)33-20-18-32(19-21-33)34-22-23-43(35(34)37(45)50-26-29-12-6-3-7-13-29)53(48,49)40-38(46)51-27-30-14-8-4-9-15-30/h3-18,22-23,33H,19-21,24-28H2,1-2H3,(H,40,46). The van der Waals surface area contributed by atoms with E-state index in [1.807, 2.05) is 47.2 Å². The summed E-state index contributed by atoms with van der Waals surface area (Å²) in [6.07, 6.45) is 2.42. The number of amides is 3. The molecule has 3 aromatic carbocycles. The molecule has 1 aromatic heterocycles. The van der Waals surface area contributed by atoms with E-state index >= 15 is 0 Å². The van der Waals surface area contributed by atoms with Gasteiger partial charge in [0.2, 0.25) is 5.91 Å². The van der Waals surface area contributed by atoms with Crippen molar-refractivity contribution in [1.82, 2.24) is 18.5 Å². The molecule has 0 radical (unpaired) electrons. The van der Waals surface area contributed by atoms with Crippen LogP contribution in [0.25, 0.3) is 5.57 Å². The molecule has 53 heavy (non-hydrogen) atoms. The first-order valence-corrected chi connectivity index (χ1v) is 18.5. The van der Waals surface area contributed by atoms with Gasteiger partial charge in [-0.1, -0.05) is 97.1 Å². The van der Waals surface area contributed by atoms with Crippen LogP contribution in [-0.4, -0.2) is 73.4 Å². The highest BCUT2D eigenvalue weighted by Gasteiger charge is 2.32. The number of aromatic nitrogens is 1. The minimum absolute atomic E-state index is 0.104. The molecule has 0 saturated heterocycles. The van der Waals surface area contributed by atoms with Gasteiger partial charge in [0.05, 0.1) is 0 Å². The zero-order chi connectivity index (χ0) is 37.8. The molecule has 1 unspecified atom stereocenters. The number of carbonyl (C=O) groups excluding carboxylic acids is 4. The van der Waals surface area contributed by atoms with Crippen LogP contribution in [0.1, 0.15) is 52.0 Å². The van der Waals surface area contributed by atoms with Gasteiger partial charge in [0.15, 0.2) is 5.69 Å². The lowest BCUT2D eigenvalue weighted by Crippen LogP contribution is -2.40. The van der Waals surface area contributed by atoms with Gasteiger partial charge in [-0.3, -0.25) is 4.79 Å². The average molecular weight is 743 g/mol. The molecule has 1 aliphatic carbocycles. The molecule has 14 heteroatoms. The van der Waals surface area contributed by atoms with E-state index < -0.39 is 28.4 Å². The fourth-order valence-corrected chi connectivity index (χ4v) is 6.72. The molecule has 3 amide bonds. The molecule has 1 aliphatic rings. The van der Waals surface area contributed by atoms with Crippen molar-refractivity contribution in [2.75, 3.05) is 27.2 Å². The fraction of sp³-hybridized carbons (Fsp3) is 0.282. The zero-order valence-electron chi connectivity index (χ0n) is 29.6. The first-order chi connectivity index (χ1) is 25.5. The summed E-state index contributed by atoms with van der Waals surface area (Å²) in [5, 5.41) is 0. The minimum atomic E-state index is -4.65. The van der Waals surface area contributed by atoms with Crippen LogP contribution >= 0.6 is 0 Å². The molecule has 4 aromatic rings. The summed E-state index contributed by atoms with van der Waals surface area (Å²) < 4.78 is 45.5. The van der Waals surface area contributed by atoms with Gasteiger partial charge in [0, 0.05) is 44.9 Å². The molecule has 0 spiro atoms. The van der Waals surface area contributed by atoms with Gasteiger partial charge in [-0.15, -0.1) is 0 Å². The number of carbonyl (C=O) groups is 4. The monoisotopic (exact) mass is 742 g/mol. The van der Waals surface area contributed by atoms with Gasteiger partial charge >= 0.3 is 28.4 Å².